The zero-order valence-corrected chi connectivity index (χ0v) is 15.7. The smallest absolute Gasteiger partial charge is 0.332 e. The molecule has 10 nitrogen and oxygen atoms in total. The molecule has 0 radical (unpaired) electrons. The Kier molecular flexibility index (Phi) is 3.88. The summed E-state index contributed by atoms with van der Waals surface area (Å²) >= 11 is 0. The average molecular weight is 375 g/mol. The molecule has 0 bridgehead atoms. The average Bonchev–Trinajstić information content (AvgIpc) is 3.24. The number of imidazole rings is 1. The lowest BCUT2D eigenvalue weighted by Gasteiger charge is -2.45. The molecule has 2 aromatic heterocycles. The van der Waals surface area contributed by atoms with E-state index in [1.165, 1.54) is 29.0 Å². The third kappa shape index (κ3) is 2.47. The maximum absolute atomic E-state index is 12.9. The molecular formula is C17H25N7O3. The fourth-order valence-corrected chi connectivity index (χ4v) is 4.56. The number of anilines is 1. The number of hydrazine groups is 1. The van der Waals surface area contributed by atoms with Crippen molar-refractivity contribution in [2.24, 2.45) is 14.1 Å². The van der Waals surface area contributed by atoms with Crippen molar-refractivity contribution in [3.05, 3.63) is 20.8 Å². The molecule has 1 N–H and O–H groups in total. The van der Waals surface area contributed by atoms with Crippen LogP contribution >= 0.6 is 0 Å². The van der Waals surface area contributed by atoms with Gasteiger partial charge >= 0.3 is 5.69 Å². The van der Waals surface area contributed by atoms with Crippen LogP contribution in [0.25, 0.3) is 11.2 Å². The highest BCUT2D eigenvalue weighted by molar-refractivity contribution is 5.74. The number of morpholine rings is 1. The molecule has 5 heterocycles. The first-order valence-electron chi connectivity index (χ1n) is 9.58. The summed E-state index contributed by atoms with van der Waals surface area (Å²) < 4.78 is 10.1. The van der Waals surface area contributed by atoms with E-state index < -0.39 is 0 Å². The topological polar surface area (TPSA) is 89.6 Å². The number of aryl methyl sites for hydroxylation is 1. The van der Waals surface area contributed by atoms with E-state index in [9.17, 15) is 9.59 Å². The van der Waals surface area contributed by atoms with Gasteiger partial charge in [0.1, 0.15) is 0 Å². The van der Waals surface area contributed by atoms with Crippen molar-refractivity contribution in [2.75, 3.05) is 37.7 Å². The van der Waals surface area contributed by atoms with Gasteiger partial charge in [0.15, 0.2) is 11.2 Å². The molecule has 0 amide bonds. The van der Waals surface area contributed by atoms with Crippen molar-refractivity contribution in [2.45, 2.75) is 31.5 Å². The van der Waals surface area contributed by atoms with E-state index in [4.69, 9.17) is 9.72 Å². The minimum Gasteiger partial charge on any atom is -0.378 e. The van der Waals surface area contributed by atoms with Gasteiger partial charge in [-0.2, -0.15) is 4.98 Å². The van der Waals surface area contributed by atoms with Crippen LogP contribution in [0.4, 0.5) is 5.95 Å². The van der Waals surface area contributed by atoms with E-state index >= 15 is 0 Å². The standard InChI is InChI=1S/C17H25N7O3/c1-20-14-13(15(25)21(2)17(20)26)23(10-11-12-4-3-5-24(12)19-11)16(18-14)22-6-8-27-9-7-22/h11-12,19H,3-10H2,1-2H3. The van der Waals surface area contributed by atoms with Gasteiger partial charge < -0.3 is 14.2 Å². The first-order chi connectivity index (χ1) is 13.1. The third-order valence-corrected chi connectivity index (χ3v) is 6.10. The molecule has 3 aliphatic heterocycles. The molecule has 2 aromatic rings. The number of fused-ring (bicyclic) bond motifs is 2. The van der Waals surface area contributed by atoms with Crippen LogP contribution in [0.2, 0.25) is 0 Å². The Bertz CT molecular complexity index is 1000. The first kappa shape index (κ1) is 17.0. The normalized spacial score (nSPS) is 25.8. The van der Waals surface area contributed by atoms with Gasteiger partial charge in [-0.3, -0.25) is 13.9 Å². The summed E-state index contributed by atoms with van der Waals surface area (Å²) in [5.74, 6) is 0.754. The fraction of sp³-hybridized carbons (Fsp3) is 0.706. The van der Waals surface area contributed by atoms with Crippen molar-refractivity contribution in [1.29, 1.82) is 0 Å². The van der Waals surface area contributed by atoms with Gasteiger partial charge in [0.2, 0.25) is 5.95 Å². The minimum absolute atomic E-state index is 0.284. The maximum atomic E-state index is 12.9. The lowest BCUT2D eigenvalue weighted by Crippen LogP contribution is -2.67. The molecule has 0 spiro atoms. The number of nitrogens with zero attached hydrogens (tertiary/aromatic N) is 6. The number of ether oxygens (including phenoxy) is 1. The van der Waals surface area contributed by atoms with E-state index in [1.807, 2.05) is 4.57 Å². The summed E-state index contributed by atoms with van der Waals surface area (Å²) in [6, 6.07) is 0.794. The summed E-state index contributed by atoms with van der Waals surface area (Å²) in [7, 11) is 3.20. The Labute approximate surface area is 155 Å². The third-order valence-electron chi connectivity index (χ3n) is 6.10. The lowest BCUT2D eigenvalue weighted by molar-refractivity contribution is -0.00317. The van der Waals surface area contributed by atoms with Gasteiger partial charge in [-0.25, -0.2) is 15.2 Å². The van der Waals surface area contributed by atoms with Gasteiger partial charge in [-0.05, 0) is 12.8 Å². The summed E-state index contributed by atoms with van der Waals surface area (Å²) in [6.45, 7) is 4.48. The molecule has 0 aromatic carbocycles. The van der Waals surface area contributed by atoms with Crippen LogP contribution in [0.5, 0.6) is 0 Å². The minimum atomic E-state index is -0.352. The van der Waals surface area contributed by atoms with Gasteiger partial charge in [0.05, 0.1) is 19.3 Å². The van der Waals surface area contributed by atoms with E-state index in [1.54, 1.807) is 7.05 Å². The largest absolute Gasteiger partial charge is 0.378 e. The van der Waals surface area contributed by atoms with E-state index in [0.29, 0.717) is 37.0 Å². The van der Waals surface area contributed by atoms with Gasteiger partial charge in [0.25, 0.3) is 5.56 Å². The number of hydrogen-bond acceptors (Lipinski definition) is 7. The fourth-order valence-electron chi connectivity index (χ4n) is 4.56. The number of rotatable bonds is 3. The number of hydrogen-bond donors (Lipinski definition) is 1. The SMILES string of the molecule is Cn1c(=O)c2c(nc(N3CCOCC3)n2CC2NN3CCCC23)n(C)c1=O. The highest BCUT2D eigenvalue weighted by atomic mass is 16.5. The number of aromatic nitrogens is 4. The van der Waals surface area contributed by atoms with Crippen LogP contribution in [-0.4, -0.2) is 68.6 Å². The molecule has 3 saturated heterocycles. The monoisotopic (exact) mass is 375 g/mol. The van der Waals surface area contributed by atoms with Crippen LogP contribution < -0.4 is 21.6 Å². The highest BCUT2D eigenvalue weighted by Gasteiger charge is 2.42. The molecule has 3 fully saturated rings. The first-order valence-corrected chi connectivity index (χ1v) is 9.58. The molecule has 146 valence electrons. The molecule has 2 atom stereocenters. The Hall–Kier alpha value is -2.17. The Balaban J connectivity index is 1.65. The Morgan fingerprint density at radius 2 is 1.93 bits per heavy atom. The Morgan fingerprint density at radius 1 is 1.15 bits per heavy atom. The second-order valence-corrected chi connectivity index (χ2v) is 7.64. The molecule has 0 saturated carbocycles. The lowest BCUT2D eigenvalue weighted by atomic mass is 10.0. The van der Waals surface area contributed by atoms with Crippen LogP contribution in [0.3, 0.4) is 0 Å². The molecule has 0 aliphatic carbocycles. The molecule has 27 heavy (non-hydrogen) atoms. The van der Waals surface area contributed by atoms with Crippen molar-refractivity contribution in [3.8, 4) is 0 Å². The highest BCUT2D eigenvalue weighted by Crippen LogP contribution is 2.29. The van der Waals surface area contributed by atoms with E-state index in [-0.39, 0.29) is 17.3 Å². The zero-order chi connectivity index (χ0) is 18.7. The second kappa shape index (κ2) is 6.18. The predicted octanol–water partition coefficient (Wildman–Crippen LogP) is -1.38. The zero-order valence-electron chi connectivity index (χ0n) is 15.7. The quantitative estimate of drug-likeness (QED) is 0.707. The van der Waals surface area contributed by atoms with E-state index in [2.05, 4.69) is 15.3 Å². The summed E-state index contributed by atoms with van der Waals surface area (Å²) in [6.07, 6.45) is 2.37. The Morgan fingerprint density at radius 3 is 2.67 bits per heavy atom. The van der Waals surface area contributed by atoms with Gasteiger partial charge in [0, 0.05) is 46.3 Å². The summed E-state index contributed by atoms with van der Waals surface area (Å²) in [5, 5.41) is 2.28. The molecule has 2 unspecified atom stereocenters. The number of nitrogens with one attached hydrogen (secondary N) is 1. The van der Waals surface area contributed by atoms with Crippen LogP contribution in [0.1, 0.15) is 12.8 Å². The van der Waals surface area contributed by atoms with Gasteiger partial charge in [-0.1, -0.05) is 0 Å². The molecule has 10 heteroatoms. The maximum Gasteiger partial charge on any atom is 0.332 e. The van der Waals surface area contributed by atoms with Crippen molar-refractivity contribution in [3.63, 3.8) is 0 Å². The van der Waals surface area contributed by atoms with Crippen LogP contribution in [0, 0.1) is 0 Å². The second-order valence-electron chi connectivity index (χ2n) is 7.64. The molecule has 3 aliphatic rings. The van der Waals surface area contributed by atoms with Crippen LogP contribution in [-0.2, 0) is 25.4 Å². The van der Waals surface area contributed by atoms with Crippen molar-refractivity contribution >= 4 is 17.1 Å². The van der Waals surface area contributed by atoms with Gasteiger partial charge in [-0.15, -0.1) is 0 Å². The van der Waals surface area contributed by atoms with E-state index in [0.717, 1.165) is 25.6 Å². The summed E-state index contributed by atoms with van der Waals surface area (Å²) in [4.78, 5) is 32.2. The predicted molar refractivity (Wildman–Crippen MR) is 99.9 cm³/mol. The van der Waals surface area contributed by atoms with Crippen molar-refractivity contribution < 1.29 is 4.74 Å². The summed E-state index contributed by atoms with van der Waals surface area (Å²) in [5.41, 5.74) is 3.81. The van der Waals surface area contributed by atoms with Crippen molar-refractivity contribution in [1.82, 2.24) is 29.1 Å². The molecule has 5 rings (SSSR count). The molecular weight excluding hydrogens is 350 g/mol. The van der Waals surface area contributed by atoms with Crippen LogP contribution in [0.15, 0.2) is 9.59 Å².